The Bertz CT molecular complexity index is 669. The van der Waals surface area contributed by atoms with Gasteiger partial charge in [0, 0.05) is 18.2 Å². The van der Waals surface area contributed by atoms with Crippen LogP contribution >= 0.6 is 50.1 Å². The molecule has 4 nitrogen and oxygen atoms in total. The van der Waals surface area contributed by atoms with E-state index in [1.807, 2.05) is 12.1 Å². The SMILES string of the molecule is Clc1nc(-c2cc(Br)c3c(c2)OCCCO3)ncc1I. The number of rotatable bonds is 1. The van der Waals surface area contributed by atoms with Gasteiger partial charge in [0.25, 0.3) is 0 Å². The maximum absolute atomic E-state index is 6.05. The van der Waals surface area contributed by atoms with Gasteiger partial charge in [-0.1, -0.05) is 11.6 Å². The molecule has 0 radical (unpaired) electrons. The highest BCUT2D eigenvalue weighted by molar-refractivity contribution is 14.1. The van der Waals surface area contributed by atoms with E-state index in [4.69, 9.17) is 21.1 Å². The predicted octanol–water partition coefficient (Wildman–Crippen LogP) is 4.33. The zero-order valence-corrected chi connectivity index (χ0v) is 14.7. The highest BCUT2D eigenvalue weighted by Crippen LogP contribution is 2.40. The molecule has 0 saturated carbocycles. The van der Waals surface area contributed by atoms with Gasteiger partial charge in [0.05, 0.1) is 21.3 Å². The van der Waals surface area contributed by atoms with Gasteiger partial charge in [-0.3, -0.25) is 0 Å². The van der Waals surface area contributed by atoms with Crippen LogP contribution in [0.4, 0.5) is 0 Å². The Morgan fingerprint density at radius 2 is 2.05 bits per heavy atom. The van der Waals surface area contributed by atoms with Crippen molar-refractivity contribution in [2.24, 2.45) is 0 Å². The number of fused-ring (bicyclic) bond motifs is 1. The van der Waals surface area contributed by atoms with E-state index in [1.54, 1.807) is 6.20 Å². The van der Waals surface area contributed by atoms with Gasteiger partial charge in [-0.2, -0.15) is 0 Å². The van der Waals surface area contributed by atoms with E-state index in [9.17, 15) is 0 Å². The van der Waals surface area contributed by atoms with E-state index < -0.39 is 0 Å². The predicted molar refractivity (Wildman–Crippen MR) is 88.5 cm³/mol. The number of benzene rings is 1. The summed E-state index contributed by atoms with van der Waals surface area (Å²) in [6.45, 7) is 1.29. The average molecular weight is 467 g/mol. The Morgan fingerprint density at radius 1 is 1.25 bits per heavy atom. The van der Waals surface area contributed by atoms with Crippen molar-refractivity contribution in [3.63, 3.8) is 0 Å². The molecule has 0 fully saturated rings. The van der Waals surface area contributed by atoms with Crippen LogP contribution in [0.15, 0.2) is 22.8 Å². The summed E-state index contributed by atoms with van der Waals surface area (Å²) in [6.07, 6.45) is 2.56. The average Bonchev–Trinajstić information content (AvgIpc) is 2.67. The Kier molecular flexibility index (Phi) is 4.32. The van der Waals surface area contributed by atoms with Crippen molar-refractivity contribution in [3.8, 4) is 22.9 Å². The summed E-state index contributed by atoms with van der Waals surface area (Å²) in [4.78, 5) is 8.59. The number of hydrogen-bond acceptors (Lipinski definition) is 4. The molecule has 2 aromatic rings. The lowest BCUT2D eigenvalue weighted by Crippen LogP contribution is -1.97. The van der Waals surface area contributed by atoms with E-state index in [0.29, 0.717) is 29.9 Å². The molecule has 0 bridgehead atoms. The lowest BCUT2D eigenvalue weighted by molar-refractivity contribution is 0.296. The molecule has 0 N–H and O–H groups in total. The monoisotopic (exact) mass is 466 g/mol. The largest absolute Gasteiger partial charge is 0.489 e. The standard InChI is InChI=1S/C13H9BrClIN2O2/c14-8-4-7(13-17-6-9(16)12(15)18-13)5-10-11(8)20-3-1-2-19-10/h4-6H,1-3H2. The zero-order chi connectivity index (χ0) is 14.1. The fraction of sp³-hybridized carbons (Fsp3) is 0.231. The minimum Gasteiger partial charge on any atom is -0.489 e. The molecule has 0 aliphatic carbocycles. The fourth-order valence-electron chi connectivity index (χ4n) is 1.85. The van der Waals surface area contributed by atoms with Crippen molar-refractivity contribution in [3.05, 3.63) is 31.5 Å². The van der Waals surface area contributed by atoms with Gasteiger partial charge in [-0.15, -0.1) is 0 Å². The van der Waals surface area contributed by atoms with Crippen LogP contribution in [0.3, 0.4) is 0 Å². The van der Waals surface area contributed by atoms with Crippen LogP contribution in [-0.4, -0.2) is 23.2 Å². The van der Waals surface area contributed by atoms with Crippen molar-refractivity contribution in [2.75, 3.05) is 13.2 Å². The summed E-state index contributed by atoms with van der Waals surface area (Å²) >= 11 is 11.6. The molecule has 3 rings (SSSR count). The van der Waals surface area contributed by atoms with Crippen LogP contribution < -0.4 is 9.47 Å². The highest BCUT2D eigenvalue weighted by atomic mass is 127. The number of halogens is 3. The van der Waals surface area contributed by atoms with Gasteiger partial charge in [0.15, 0.2) is 17.3 Å². The minimum absolute atomic E-state index is 0.443. The summed E-state index contributed by atoms with van der Waals surface area (Å²) in [5.74, 6) is 1.99. The van der Waals surface area contributed by atoms with E-state index in [-0.39, 0.29) is 0 Å². The summed E-state index contributed by atoms with van der Waals surface area (Å²) in [7, 11) is 0. The van der Waals surface area contributed by atoms with Gasteiger partial charge in [0.1, 0.15) is 5.15 Å². The molecule has 2 heterocycles. The van der Waals surface area contributed by atoms with Crippen LogP contribution in [0.2, 0.25) is 5.15 Å². The molecule has 1 aromatic carbocycles. The van der Waals surface area contributed by atoms with Gasteiger partial charge < -0.3 is 9.47 Å². The first kappa shape index (κ1) is 14.3. The molecule has 0 saturated heterocycles. The molecule has 0 amide bonds. The van der Waals surface area contributed by atoms with Crippen LogP contribution in [-0.2, 0) is 0 Å². The van der Waals surface area contributed by atoms with E-state index >= 15 is 0 Å². The van der Waals surface area contributed by atoms with Crippen LogP contribution in [0.25, 0.3) is 11.4 Å². The molecule has 0 unspecified atom stereocenters. The van der Waals surface area contributed by atoms with E-state index in [2.05, 4.69) is 48.5 Å². The summed E-state index contributed by atoms with van der Waals surface area (Å²) in [5, 5.41) is 0.443. The number of aromatic nitrogens is 2. The Morgan fingerprint density at radius 3 is 2.85 bits per heavy atom. The summed E-state index contributed by atoms with van der Waals surface area (Å²) < 4.78 is 13.0. The molecule has 7 heteroatoms. The van der Waals surface area contributed by atoms with Gasteiger partial charge in [-0.25, -0.2) is 9.97 Å². The summed E-state index contributed by atoms with van der Waals surface area (Å²) in [6, 6.07) is 3.79. The van der Waals surface area contributed by atoms with Gasteiger partial charge in [0.2, 0.25) is 0 Å². The zero-order valence-electron chi connectivity index (χ0n) is 10.2. The van der Waals surface area contributed by atoms with Crippen LogP contribution in [0.5, 0.6) is 11.5 Å². The van der Waals surface area contributed by atoms with Gasteiger partial charge in [-0.05, 0) is 50.7 Å². The van der Waals surface area contributed by atoms with Crippen molar-refractivity contribution in [2.45, 2.75) is 6.42 Å². The van der Waals surface area contributed by atoms with Gasteiger partial charge >= 0.3 is 0 Å². The highest BCUT2D eigenvalue weighted by Gasteiger charge is 2.17. The van der Waals surface area contributed by atoms with Crippen molar-refractivity contribution < 1.29 is 9.47 Å². The second-order valence-corrected chi connectivity index (χ2v) is 6.54. The topological polar surface area (TPSA) is 44.2 Å². The quantitative estimate of drug-likeness (QED) is 0.463. The Balaban J connectivity index is 2.08. The summed E-state index contributed by atoms with van der Waals surface area (Å²) in [5.41, 5.74) is 0.833. The molecule has 0 spiro atoms. The van der Waals surface area contributed by atoms with Crippen LogP contribution in [0, 0.1) is 3.57 Å². The Labute approximate surface area is 143 Å². The lowest BCUT2D eigenvalue weighted by Gasteiger charge is -2.11. The molecular formula is C13H9BrClIN2O2. The minimum atomic E-state index is 0.443. The Hall–Kier alpha value is -0.600. The smallest absolute Gasteiger partial charge is 0.175 e. The number of ether oxygens (including phenoxy) is 2. The van der Waals surface area contributed by atoms with Crippen molar-refractivity contribution >= 4 is 50.1 Å². The van der Waals surface area contributed by atoms with Crippen molar-refractivity contribution in [1.29, 1.82) is 0 Å². The second kappa shape index (κ2) is 6.03. The van der Waals surface area contributed by atoms with Crippen LogP contribution in [0.1, 0.15) is 6.42 Å². The van der Waals surface area contributed by atoms with Crippen molar-refractivity contribution in [1.82, 2.24) is 9.97 Å². The molecule has 0 atom stereocenters. The third-order valence-electron chi connectivity index (χ3n) is 2.76. The normalized spacial score (nSPS) is 13.9. The maximum atomic E-state index is 6.05. The first-order valence-corrected chi connectivity index (χ1v) is 8.17. The number of nitrogens with zero attached hydrogens (tertiary/aromatic N) is 2. The molecule has 1 aromatic heterocycles. The fourth-order valence-corrected chi connectivity index (χ4v) is 2.79. The molecule has 1 aliphatic heterocycles. The third-order valence-corrected chi connectivity index (χ3v) is 4.75. The second-order valence-electron chi connectivity index (χ2n) is 4.17. The van der Waals surface area contributed by atoms with E-state index in [0.717, 1.165) is 25.8 Å². The lowest BCUT2D eigenvalue weighted by atomic mass is 10.2. The first-order chi connectivity index (χ1) is 9.65. The maximum Gasteiger partial charge on any atom is 0.175 e. The first-order valence-electron chi connectivity index (χ1n) is 5.92. The number of hydrogen-bond donors (Lipinski definition) is 0. The molecule has 1 aliphatic rings. The molecular weight excluding hydrogens is 458 g/mol. The molecule has 104 valence electrons. The van der Waals surface area contributed by atoms with E-state index in [1.165, 1.54) is 0 Å². The third kappa shape index (κ3) is 2.87. The molecule has 20 heavy (non-hydrogen) atoms.